The highest BCUT2D eigenvalue weighted by Gasteiger charge is 2.13. The number of nitrogens with one attached hydrogen (secondary N) is 2. The van der Waals surface area contributed by atoms with E-state index in [0.717, 1.165) is 29.7 Å². The van der Waals surface area contributed by atoms with Crippen molar-refractivity contribution in [3.05, 3.63) is 59.2 Å². The van der Waals surface area contributed by atoms with Gasteiger partial charge in [-0.15, -0.1) is 0 Å². The summed E-state index contributed by atoms with van der Waals surface area (Å²) in [4.78, 5) is 24.7. The first-order valence-electron chi connectivity index (χ1n) is 9.35. The average molecular weight is 368 g/mol. The van der Waals surface area contributed by atoms with Gasteiger partial charge in [0.2, 0.25) is 5.91 Å². The Kier molecular flexibility index (Phi) is 7.86. The molecule has 2 aromatic rings. The van der Waals surface area contributed by atoms with Crippen LogP contribution in [0, 0.1) is 6.92 Å². The van der Waals surface area contributed by atoms with Crippen LogP contribution in [0.4, 0.5) is 5.69 Å². The SMILES string of the molecule is CCCCNC(=O)c1ccccc1NC(=O)CCc1ccc(OC)c(C)c1. The summed E-state index contributed by atoms with van der Waals surface area (Å²) >= 11 is 0. The second-order valence-corrected chi connectivity index (χ2v) is 6.51. The van der Waals surface area contributed by atoms with Crippen molar-refractivity contribution in [3.63, 3.8) is 0 Å². The third kappa shape index (κ3) is 6.13. The number of methoxy groups -OCH3 is 1. The van der Waals surface area contributed by atoms with Crippen molar-refractivity contribution in [2.75, 3.05) is 19.0 Å². The fourth-order valence-corrected chi connectivity index (χ4v) is 2.83. The zero-order valence-electron chi connectivity index (χ0n) is 16.3. The van der Waals surface area contributed by atoms with E-state index in [1.54, 1.807) is 25.3 Å². The van der Waals surface area contributed by atoms with Crippen LogP contribution in [0.5, 0.6) is 5.75 Å². The second kappa shape index (κ2) is 10.4. The summed E-state index contributed by atoms with van der Waals surface area (Å²) in [6.45, 7) is 4.69. The maximum atomic E-state index is 12.4. The highest BCUT2D eigenvalue weighted by Crippen LogP contribution is 2.20. The fourth-order valence-electron chi connectivity index (χ4n) is 2.83. The van der Waals surface area contributed by atoms with Gasteiger partial charge in [-0.25, -0.2) is 0 Å². The zero-order chi connectivity index (χ0) is 19.6. The van der Waals surface area contributed by atoms with Gasteiger partial charge >= 0.3 is 0 Å². The molecular weight excluding hydrogens is 340 g/mol. The number of carbonyl (C=O) groups is 2. The Morgan fingerprint density at radius 2 is 1.89 bits per heavy atom. The normalized spacial score (nSPS) is 10.3. The summed E-state index contributed by atoms with van der Waals surface area (Å²) < 4.78 is 5.26. The minimum absolute atomic E-state index is 0.114. The number of carbonyl (C=O) groups excluding carboxylic acids is 2. The Bertz CT molecular complexity index is 787. The van der Waals surface area contributed by atoms with Crippen molar-refractivity contribution >= 4 is 17.5 Å². The molecule has 0 aromatic heterocycles. The summed E-state index contributed by atoms with van der Waals surface area (Å²) in [6, 6.07) is 13.0. The molecule has 27 heavy (non-hydrogen) atoms. The van der Waals surface area contributed by atoms with Crippen LogP contribution in [0.1, 0.15) is 47.7 Å². The van der Waals surface area contributed by atoms with Crippen LogP contribution >= 0.6 is 0 Å². The highest BCUT2D eigenvalue weighted by atomic mass is 16.5. The molecule has 0 radical (unpaired) electrons. The summed E-state index contributed by atoms with van der Waals surface area (Å²) in [7, 11) is 1.64. The Morgan fingerprint density at radius 1 is 1.11 bits per heavy atom. The maximum Gasteiger partial charge on any atom is 0.253 e. The van der Waals surface area contributed by atoms with Crippen molar-refractivity contribution < 1.29 is 14.3 Å². The van der Waals surface area contributed by atoms with Gasteiger partial charge in [0, 0.05) is 13.0 Å². The van der Waals surface area contributed by atoms with Gasteiger partial charge in [-0.1, -0.05) is 37.6 Å². The number of unbranched alkanes of at least 4 members (excludes halogenated alkanes) is 1. The van der Waals surface area contributed by atoms with Crippen molar-refractivity contribution in [2.24, 2.45) is 0 Å². The molecule has 0 aliphatic heterocycles. The van der Waals surface area contributed by atoms with E-state index in [9.17, 15) is 9.59 Å². The molecule has 0 heterocycles. The molecule has 5 nitrogen and oxygen atoms in total. The molecule has 0 saturated carbocycles. The van der Waals surface area contributed by atoms with E-state index in [1.807, 2.05) is 31.2 Å². The number of rotatable bonds is 9. The Hall–Kier alpha value is -2.82. The smallest absolute Gasteiger partial charge is 0.253 e. The molecule has 2 aromatic carbocycles. The quantitative estimate of drug-likeness (QED) is 0.655. The van der Waals surface area contributed by atoms with Crippen LogP contribution in [0.15, 0.2) is 42.5 Å². The van der Waals surface area contributed by atoms with E-state index in [4.69, 9.17) is 4.74 Å². The third-order valence-electron chi connectivity index (χ3n) is 4.36. The van der Waals surface area contributed by atoms with Gasteiger partial charge in [0.25, 0.3) is 5.91 Å². The molecule has 0 saturated heterocycles. The standard InChI is InChI=1S/C22H28N2O3/c1-4-5-14-23-22(26)18-8-6-7-9-19(18)24-21(25)13-11-17-10-12-20(27-3)16(2)15-17/h6-10,12,15H,4-5,11,13-14H2,1-3H3,(H,23,26)(H,24,25). The number of ether oxygens (including phenoxy) is 1. The number of amides is 2. The first kappa shape index (κ1) is 20.5. The van der Waals surface area contributed by atoms with Gasteiger partial charge in [-0.05, 0) is 49.1 Å². The Labute approximate surface area is 161 Å². The lowest BCUT2D eigenvalue weighted by atomic mass is 10.1. The van der Waals surface area contributed by atoms with E-state index in [2.05, 4.69) is 17.6 Å². The average Bonchev–Trinajstić information content (AvgIpc) is 2.67. The molecule has 2 amide bonds. The van der Waals surface area contributed by atoms with Gasteiger partial charge < -0.3 is 15.4 Å². The second-order valence-electron chi connectivity index (χ2n) is 6.51. The number of anilines is 1. The monoisotopic (exact) mass is 368 g/mol. The van der Waals surface area contributed by atoms with Gasteiger partial charge in [-0.3, -0.25) is 9.59 Å². The summed E-state index contributed by atoms with van der Waals surface area (Å²) in [6.07, 6.45) is 2.92. The van der Waals surface area contributed by atoms with Crippen molar-refractivity contribution in [1.29, 1.82) is 0 Å². The number of para-hydroxylation sites is 1. The summed E-state index contributed by atoms with van der Waals surface area (Å²) in [5, 5.41) is 5.75. The minimum Gasteiger partial charge on any atom is -0.496 e. The third-order valence-corrected chi connectivity index (χ3v) is 4.36. The van der Waals surface area contributed by atoms with Crippen LogP contribution in [-0.2, 0) is 11.2 Å². The van der Waals surface area contributed by atoms with Gasteiger partial charge in [0.05, 0.1) is 18.4 Å². The largest absolute Gasteiger partial charge is 0.496 e. The Morgan fingerprint density at radius 3 is 2.59 bits per heavy atom. The molecule has 5 heteroatoms. The first-order valence-corrected chi connectivity index (χ1v) is 9.35. The topological polar surface area (TPSA) is 67.4 Å². The van der Waals surface area contributed by atoms with E-state index < -0.39 is 0 Å². The van der Waals surface area contributed by atoms with E-state index >= 15 is 0 Å². The molecule has 0 atom stereocenters. The highest BCUT2D eigenvalue weighted by molar-refractivity contribution is 6.03. The number of hydrogen-bond acceptors (Lipinski definition) is 3. The molecule has 2 N–H and O–H groups in total. The van der Waals surface area contributed by atoms with Crippen molar-refractivity contribution in [1.82, 2.24) is 5.32 Å². The van der Waals surface area contributed by atoms with Crippen LogP contribution in [0.2, 0.25) is 0 Å². The molecule has 0 bridgehead atoms. The lowest BCUT2D eigenvalue weighted by Crippen LogP contribution is -2.26. The maximum absolute atomic E-state index is 12.4. The van der Waals surface area contributed by atoms with E-state index in [1.165, 1.54) is 0 Å². The van der Waals surface area contributed by atoms with Crippen LogP contribution in [-0.4, -0.2) is 25.5 Å². The summed E-state index contributed by atoms with van der Waals surface area (Å²) in [5.74, 6) is 0.564. The minimum atomic E-state index is -0.162. The van der Waals surface area contributed by atoms with Gasteiger partial charge in [0.15, 0.2) is 0 Å². The molecule has 0 spiro atoms. The molecule has 2 rings (SSSR count). The van der Waals surface area contributed by atoms with Gasteiger partial charge in [0.1, 0.15) is 5.75 Å². The molecule has 144 valence electrons. The fraction of sp³-hybridized carbons (Fsp3) is 0.364. The number of hydrogen-bond donors (Lipinski definition) is 2. The van der Waals surface area contributed by atoms with Crippen LogP contribution in [0.3, 0.4) is 0 Å². The van der Waals surface area contributed by atoms with Crippen LogP contribution < -0.4 is 15.4 Å². The molecule has 0 aliphatic carbocycles. The molecule has 0 unspecified atom stereocenters. The zero-order valence-corrected chi connectivity index (χ0v) is 16.3. The van der Waals surface area contributed by atoms with E-state index in [0.29, 0.717) is 30.6 Å². The number of aryl methyl sites for hydroxylation is 2. The summed E-state index contributed by atoms with van der Waals surface area (Å²) in [5.41, 5.74) is 3.16. The lowest BCUT2D eigenvalue weighted by Gasteiger charge is -2.12. The first-order chi connectivity index (χ1) is 13.0. The predicted octanol–water partition coefficient (Wildman–Crippen LogP) is 4.10. The number of benzene rings is 2. The van der Waals surface area contributed by atoms with Crippen molar-refractivity contribution in [3.8, 4) is 5.75 Å². The molecule has 0 fully saturated rings. The van der Waals surface area contributed by atoms with Crippen molar-refractivity contribution in [2.45, 2.75) is 39.5 Å². The molecule has 0 aliphatic rings. The van der Waals surface area contributed by atoms with Gasteiger partial charge in [-0.2, -0.15) is 0 Å². The lowest BCUT2D eigenvalue weighted by molar-refractivity contribution is -0.116. The Balaban J connectivity index is 1.95. The van der Waals surface area contributed by atoms with Crippen LogP contribution in [0.25, 0.3) is 0 Å². The van der Waals surface area contributed by atoms with E-state index in [-0.39, 0.29) is 11.8 Å². The molecular formula is C22H28N2O3. The predicted molar refractivity (Wildman–Crippen MR) is 108 cm³/mol.